The van der Waals surface area contributed by atoms with Crippen molar-refractivity contribution in [3.8, 4) is 22.6 Å². The molecule has 0 aliphatic carbocycles. The molecule has 1 aliphatic rings. The first-order valence-corrected chi connectivity index (χ1v) is 17.2. The van der Waals surface area contributed by atoms with Crippen LogP contribution in [0.4, 0.5) is 5.69 Å². The fourth-order valence-corrected chi connectivity index (χ4v) is 7.99. The van der Waals surface area contributed by atoms with Crippen molar-refractivity contribution in [1.82, 2.24) is 0 Å². The maximum atomic E-state index is 6.86. The molecule has 0 radical (unpaired) electrons. The summed E-state index contributed by atoms with van der Waals surface area (Å²) in [6.45, 7) is 0. The van der Waals surface area contributed by atoms with Gasteiger partial charge in [0.1, 0.15) is 22.7 Å². The zero-order chi connectivity index (χ0) is 32.3. The van der Waals surface area contributed by atoms with E-state index in [9.17, 15) is 0 Å². The van der Waals surface area contributed by atoms with E-state index in [0.29, 0.717) is 28.6 Å². The fraction of sp³-hybridized carbons (Fsp3) is 0. The van der Waals surface area contributed by atoms with Crippen molar-refractivity contribution in [2.45, 2.75) is 0 Å². The van der Waals surface area contributed by atoms with E-state index in [2.05, 4.69) is 78.9 Å². The lowest BCUT2D eigenvalue weighted by Crippen LogP contribution is -2.09. The van der Waals surface area contributed by atoms with Crippen LogP contribution >= 0.6 is 8.24 Å². The summed E-state index contributed by atoms with van der Waals surface area (Å²) in [7, 11) is -1.96. The Bertz CT molecular complexity index is 2740. The lowest BCUT2D eigenvalue weighted by atomic mass is 9.95. The minimum atomic E-state index is -1.96. The second kappa shape index (κ2) is 11.2. The minimum Gasteiger partial charge on any atom is -0.438 e. The third-order valence-corrected chi connectivity index (χ3v) is 10.2. The Morgan fingerprint density at radius 3 is 1.71 bits per heavy atom. The Morgan fingerprint density at radius 1 is 0.469 bits per heavy atom. The molecule has 10 rings (SSSR count). The predicted octanol–water partition coefficient (Wildman–Crippen LogP) is 12.7. The topological polar surface area (TPSA) is 57.1 Å². The molecule has 0 spiro atoms. The minimum absolute atomic E-state index is 0.516. The van der Waals surface area contributed by atoms with E-state index in [-0.39, 0.29) is 0 Å². The van der Waals surface area contributed by atoms with Crippen molar-refractivity contribution in [3.05, 3.63) is 163 Å². The van der Waals surface area contributed by atoms with Crippen LogP contribution in [-0.2, 0) is 0 Å². The predicted molar refractivity (Wildman–Crippen MR) is 200 cm³/mol. The summed E-state index contributed by atoms with van der Waals surface area (Å²) in [4.78, 5) is 5.08. The number of rotatable bonds is 3. The molecule has 0 unspecified atom stereocenters. The molecule has 6 heteroatoms. The van der Waals surface area contributed by atoms with E-state index in [0.717, 1.165) is 65.5 Å². The van der Waals surface area contributed by atoms with Crippen molar-refractivity contribution >= 4 is 74.1 Å². The molecule has 232 valence electrons. The van der Waals surface area contributed by atoms with Crippen LogP contribution in [-0.4, -0.2) is 5.90 Å². The number of ether oxygens (including phenoxy) is 1. The molecule has 1 aromatic heterocycles. The van der Waals surface area contributed by atoms with Crippen molar-refractivity contribution in [1.29, 1.82) is 0 Å². The molecule has 0 bridgehead atoms. The smallest absolute Gasteiger partial charge is 0.438 e. The SMILES string of the molecule is c1ccc(C2=Nc3ccc4ccccc4c3-c3c(cccc3Op3oc4ccc5ccccc5c4c4c(ccc5ccccc54)o3)O2)cc1. The Morgan fingerprint density at radius 2 is 1.04 bits per heavy atom. The summed E-state index contributed by atoms with van der Waals surface area (Å²) in [5.41, 5.74) is 4.81. The Kier molecular flexibility index (Phi) is 6.33. The van der Waals surface area contributed by atoms with Gasteiger partial charge in [-0.3, -0.25) is 0 Å². The van der Waals surface area contributed by atoms with E-state index in [1.165, 1.54) is 0 Å². The van der Waals surface area contributed by atoms with Gasteiger partial charge in [-0.05, 0) is 74.8 Å². The third-order valence-electron chi connectivity index (χ3n) is 9.14. The number of benzene rings is 8. The summed E-state index contributed by atoms with van der Waals surface area (Å²) in [5, 5.41) is 8.55. The summed E-state index contributed by atoms with van der Waals surface area (Å²) in [6.07, 6.45) is 0. The number of nitrogens with zero attached hydrogens (tertiary/aromatic N) is 1. The molecule has 0 saturated carbocycles. The van der Waals surface area contributed by atoms with Crippen LogP contribution in [0.25, 0.3) is 65.4 Å². The van der Waals surface area contributed by atoms with E-state index in [1.807, 2.05) is 78.9 Å². The average molecular weight is 652 g/mol. The van der Waals surface area contributed by atoms with Crippen LogP contribution < -0.4 is 9.26 Å². The fourth-order valence-electron chi connectivity index (χ4n) is 6.94. The van der Waals surface area contributed by atoms with Gasteiger partial charge in [-0.25, -0.2) is 4.99 Å². The molecule has 8 aromatic carbocycles. The van der Waals surface area contributed by atoms with Crippen molar-refractivity contribution in [2.24, 2.45) is 4.99 Å². The van der Waals surface area contributed by atoms with E-state index < -0.39 is 8.24 Å². The standard InChI is InChI=1S/C43H26NO4P/c1-2-14-30(15-3-1)43-44-34-24-21-27-11-4-7-16-31(27)39(34)42-35(45-43)19-10-20-36(42)46-49-47-37-25-22-28-12-5-8-17-32(28)40(37)41-33-18-9-6-13-29(33)23-26-38(41)48-49/h1-26H. The summed E-state index contributed by atoms with van der Waals surface area (Å²) < 4.78 is 27.0. The monoisotopic (exact) mass is 651 g/mol. The summed E-state index contributed by atoms with van der Waals surface area (Å²) in [6, 6.07) is 53.2. The highest BCUT2D eigenvalue weighted by molar-refractivity contribution is 7.32. The number of hydrogen-bond donors (Lipinski definition) is 0. The first kappa shape index (κ1) is 27.8. The molecule has 0 saturated heterocycles. The lowest BCUT2D eigenvalue weighted by molar-refractivity contribution is 0.495. The molecule has 2 heterocycles. The summed E-state index contributed by atoms with van der Waals surface area (Å²) in [5.74, 6) is 1.73. The van der Waals surface area contributed by atoms with Gasteiger partial charge in [0.25, 0.3) is 0 Å². The van der Waals surface area contributed by atoms with Gasteiger partial charge in [-0.2, -0.15) is 0 Å². The van der Waals surface area contributed by atoms with Crippen molar-refractivity contribution in [2.75, 3.05) is 0 Å². The van der Waals surface area contributed by atoms with Gasteiger partial charge < -0.3 is 17.7 Å². The molecule has 0 fully saturated rings. The first-order valence-electron chi connectivity index (χ1n) is 16.1. The van der Waals surface area contributed by atoms with Gasteiger partial charge in [0, 0.05) is 21.9 Å². The zero-order valence-corrected chi connectivity index (χ0v) is 26.9. The molecule has 0 N–H and O–H groups in total. The zero-order valence-electron chi connectivity index (χ0n) is 26.0. The van der Waals surface area contributed by atoms with Gasteiger partial charge in [-0.1, -0.05) is 115 Å². The molecule has 9 aromatic rings. The van der Waals surface area contributed by atoms with E-state index >= 15 is 0 Å². The molecule has 49 heavy (non-hydrogen) atoms. The number of fused-ring (bicyclic) bond motifs is 12. The van der Waals surface area contributed by atoms with Crippen LogP contribution in [0.2, 0.25) is 0 Å². The van der Waals surface area contributed by atoms with Crippen molar-refractivity contribution in [3.63, 3.8) is 0 Å². The maximum absolute atomic E-state index is 6.86. The molecular formula is C43H26NO4P. The van der Waals surface area contributed by atoms with Gasteiger partial charge in [-0.15, -0.1) is 0 Å². The number of aliphatic imine (C=N–C) groups is 1. The lowest BCUT2D eigenvalue weighted by Gasteiger charge is -2.15. The Hall–Kier alpha value is -6.29. The second-order valence-electron chi connectivity index (χ2n) is 12.0. The molecular weight excluding hydrogens is 625 g/mol. The van der Waals surface area contributed by atoms with Gasteiger partial charge in [0.2, 0.25) is 5.90 Å². The van der Waals surface area contributed by atoms with Crippen LogP contribution in [0, 0.1) is 0 Å². The largest absolute Gasteiger partial charge is 0.453 e. The molecule has 1 aliphatic heterocycles. The summed E-state index contributed by atoms with van der Waals surface area (Å²) >= 11 is 0. The van der Waals surface area contributed by atoms with Gasteiger partial charge >= 0.3 is 8.24 Å². The second-order valence-corrected chi connectivity index (χ2v) is 13.0. The first-order chi connectivity index (χ1) is 24.3. The van der Waals surface area contributed by atoms with E-state index in [1.54, 1.807) is 0 Å². The highest BCUT2D eigenvalue weighted by Gasteiger charge is 2.26. The van der Waals surface area contributed by atoms with Gasteiger partial charge in [0.15, 0.2) is 0 Å². The molecule has 5 nitrogen and oxygen atoms in total. The highest BCUT2D eigenvalue weighted by Crippen LogP contribution is 2.51. The van der Waals surface area contributed by atoms with E-state index in [4.69, 9.17) is 22.6 Å². The maximum Gasteiger partial charge on any atom is 0.453 e. The van der Waals surface area contributed by atoms with Crippen molar-refractivity contribution < 1.29 is 17.7 Å². The highest BCUT2D eigenvalue weighted by atomic mass is 31.1. The van der Waals surface area contributed by atoms with Crippen LogP contribution in [0.3, 0.4) is 0 Å². The number of hydrogen-bond acceptors (Lipinski definition) is 5. The van der Waals surface area contributed by atoms with Crippen LogP contribution in [0.15, 0.2) is 171 Å². The van der Waals surface area contributed by atoms with Crippen LogP contribution in [0.5, 0.6) is 11.5 Å². The average Bonchev–Trinajstić information content (AvgIpc) is 3.44. The molecule has 0 amide bonds. The Balaban J connectivity index is 1.24. The molecule has 0 atom stereocenters. The quantitative estimate of drug-likeness (QED) is 0.191. The van der Waals surface area contributed by atoms with Crippen LogP contribution in [0.1, 0.15) is 5.56 Å². The van der Waals surface area contributed by atoms with Gasteiger partial charge in [0.05, 0.1) is 11.3 Å². The third kappa shape index (κ3) is 4.59. The normalized spacial score (nSPS) is 12.4. The Labute approximate surface area is 281 Å².